The second kappa shape index (κ2) is 9.80. The van der Waals surface area contributed by atoms with Gasteiger partial charge in [-0.15, -0.1) is 0 Å². The number of carbonyl (C=O) groups excluding carboxylic acids is 1. The normalized spacial score (nSPS) is 14.6. The Hall–Kier alpha value is -2.81. The van der Waals surface area contributed by atoms with Gasteiger partial charge in [-0.25, -0.2) is 0 Å². The fourth-order valence-corrected chi connectivity index (χ4v) is 4.44. The van der Waals surface area contributed by atoms with E-state index >= 15 is 0 Å². The van der Waals surface area contributed by atoms with Crippen LogP contribution < -0.4 is 10.1 Å². The van der Waals surface area contributed by atoms with Gasteiger partial charge in [0.2, 0.25) is 5.91 Å². The molecule has 3 nitrogen and oxygen atoms in total. The van der Waals surface area contributed by atoms with Crippen molar-refractivity contribution < 1.29 is 9.53 Å². The summed E-state index contributed by atoms with van der Waals surface area (Å²) < 4.78 is 6.32. The molecule has 3 heteroatoms. The number of hydrogen-bond acceptors (Lipinski definition) is 2. The van der Waals surface area contributed by atoms with E-state index in [-0.39, 0.29) is 5.91 Å². The van der Waals surface area contributed by atoms with Gasteiger partial charge >= 0.3 is 0 Å². The summed E-state index contributed by atoms with van der Waals surface area (Å²) in [5.41, 5.74) is 3.87. The quantitative estimate of drug-likeness (QED) is 0.542. The Morgan fingerprint density at radius 2 is 1.77 bits per heavy atom. The summed E-state index contributed by atoms with van der Waals surface area (Å²) in [6, 6.07) is 21.6. The Morgan fingerprint density at radius 1 is 0.967 bits per heavy atom. The van der Waals surface area contributed by atoms with E-state index < -0.39 is 0 Å². The third-order valence-electron chi connectivity index (χ3n) is 5.95. The molecule has 0 heterocycles. The lowest BCUT2D eigenvalue weighted by atomic mass is 9.95. The van der Waals surface area contributed by atoms with Gasteiger partial charge in [-0.1, -0.05) is 55.0 Å². The zero-order valence-electron chi connectivity index (χ0n) is 17.8. The van der Waals surface area contributed by atoms with E-state index in [2.05, 4.69) is 66.0 Å². The van der Waals surface area contributed by atoms with Gasteiger partial charge in [0, 0.05) is 13.5 Å². The molecule has 1 aliphatic rings. The summed E-state index contributed by atoms with van der Waals surface area (Å²) in [7, 11) is 0. The SMILES string of the molecule is CC(=O)NCCc1cc(Cc2ccccc2)cc2ccc(OC3CCCCC3)cc12. The molecular weight excluding hydrogens is 370 g/mol. The van der Waals surface area contributed by atoms with Crippen molar-refractivity contribution in [3.63, 3.8) is 0 Å². The first-order chi connectivity index (χ1) is 14.7. The van der Waals surface area contributed by atoms with E-state index in [9.17, 15) is 4.79 Å². The monoisotopic (exact) mass is 401 g/mol. The summed E-state index contributed by atoms with van der Waals surface area (Å²) in [5, 5.41) is 5.40. The molecule has 3 aromatic carbocycles. The van der Waals surface area contributed by atoms with E-state index in [0.29, 0.717) is 12.6 Å². The minimum Gasteiger partial charge on any atom is -0.490 e. The van der Waals surface area contributed by atoms with Gasteiger partial charge in [0.15, 0.2) is 0 Å². The Balaban J connectivity index is 1.62. The van der Waals surface area contributed by atoms with Crippen molar-refractivity contribution in [1.29, 1.82) is 0 Å². The number of rotatable bonds is 7. The van der Waals surface area contributed by atoms with Crippen molar-refractivity contribution in [2.45, 2.75) is 58.0 Å². The van der Waals surface area contributed by atoms with Crippen LogP contribution in [0, 0.1) is 0 Å². The molecule has 0 aliphatic heterocycles. The van der Waals surface area contributed by atoms with Crippen LogP contribution in [-0.2, 0) is 17.6 Å². The highest BCUT2D eigenvalue weighted by atomic mass is 16.5. The molecule has 1 N–H and O–H groups in total. The predicted octanol–water partition coefficient (Wildman–Crippen LogP) is 5.82. The van der Waals surface area contributed by atoms with E-state index in [1.807, 2.05) is 0 Å². The van der Waals surface area contributed by atoms with Gasteiger partial charge in [-0.2, -0.15) is 0 Å². The molecular formula is C27H31NO2. The number of ether oxygens (including phenoxy) is 1. The lowest BCUT2D eigenvalue weighted by molar-refractivity contribution is -0.118. The van der Waals surface area contributed by atoms with Crippen molar-refractivity contribution in [2.75, 3.05) is 6.54 Å². The third kappa shape index (κ3) is 5.41. The molecule has 1 fully saturated rings. The van der Waals surface area contributed by atoms with Crippen LogP contribution in [0.3, 0.4) is 0 Å². The molecule has 1 amide bonds. The molecule has 1 saturated carbocycles. The van der Waals surface area contributed by atoms with Gasteiger partial charge in [0.25, 0.3) is 0 Å². The van der Waals surface area contributed by atoms with Gasteiger partial charge in [0.1, 0.15) is 5.75 Å². The summed E-state index contributed by atoms with van der Waals surface area (Å²) in [5.74, 6) is 0.979. The average Bonchev–Trinajstić information content (AvgIpc) is 2.75. The Morgan fingerprint density at radius 3 is 2.53 bits per heavy atom. The minimum atomic E-state index is 0.0149. The molecule has 4 rings (SSSR count). The molecule has 0 spiro atoms. The molecule has 1 aliphatic carbocycles. The van der Waals surface area contributed by atoms with E-state index in [0.717, 1.165) is 31.4 Å². The van der Waals surface area contributed by atoms with Crippen LogP contribution in [0.25, 0.3) is 10.8 Å². The first-order valence-electron chi connectivity index (χ1n) is 11.2. The topological polar surface area (TPSA) is 38.3 Å². The summed E-state index contributed by atoms with van der Waals surface area (Å²) in [6.07, 6.45) is 8.24. The van der Waals surface area contributed by atoms with Crippen LogP contribution in [0.1, 0.15) is 55.7 Å². The fraction of sp³-hybridized carbons (Fsp3) is 0.370. The molecule has 0 radical (unpaired) electrons. The number of carbonyl (C=O) groups is 1. The lowest BCUT2D eigenvalue weighted by Gasteiger charge is -2.23. The number of fused-ring (bicyclic) bond motifs is 1. The predicted molar refractivity (Wildman–Crippen MR) is 123 cm³/mol. The summed E-state index contributed by atoms with van der Waals surface area (Å²) in [4.78, 5) is 11.4. The maximum absolute atomic E-state index is 11.4. The van der Waals surface area contributed by atoms with Gasteiger partial charge in [-0.3, -0.25) is 4.79 Å². The number of nitrogens with one attached hydrogen (secondary N) is 1. The highest BCUT2D eigenvalue weighted by Gasteiger charge is 2.15. The molecule has 156 valence electrons. The van der Waals surface area contributed by atoms with Crippen LogP contribution in [0.2, 0.25) is 0 Å². The summed E-state index contributed by atoms with van der Waals surface area (Å²) in [6.45, 7) is 2.22. The first kappa shape index (κ1) is 20.5. The summed E-state index contributed by atoms with van der Waals surface area (Å²) >= 11 is 0. The van der Waals surface area contributed by atoms with Crippen molar-refractivity contribution >= 4 is 16.7 Å². The Bertz CT molecular complexity index is 990. The highest BCUT2D eigenvalue weighted by Crippen LogP contribution is 2.30. The maximum atomic E-state index is 11.4. The standard InChI is InChI=1S/C27H31NO2/c1-20(29)28-15-14-24-18-22(16-21-8-4-2-5-9-21)17-23-12-13-26(19-27(23)24)30-25-10-6-3-7-11-25/h2,4-5,8-9,12-13,17-19,25H,3,6-7,10-11,14-16H2,1H3,(H,28,29). The average molecular weight is 402 g/mol. The van der Waals surface area contributed by atoms with Gasteiger partial charge in [-0.05, 0) is 78.1 Å². The lowest BCUT2D eigenvalue weighted by Crippen LogP contribution is -2.22. The van der Waals surface area contributed by atoms with Crippen LogP contribution in [0.5, 0.6) is 5.75 Å². The Labute approximate surface area is 179 Å². The minimum absolute atomic E-state index is 0.0149. The second-order valence-electron chi connectivity index (χ2n) is 8.41. The van der Waals surface area contributed by atoms with Gasteiger partial charge < -0.3 is 10.1 Å². The van der Waals surface area contributed by atoms with Crippen LogP contribution in [0.4, 0.5) is 0 Å². The molecule has 0 aromatic heterocycles. The zero-order chi connectivity index (χ0) is 20.8. The largest absolute Gasteiger partial charge is 0.490 e. The second-order valence-corrected chi connectivity index (χ2v) is 8.41. The number of benzene rings is 3. The van der Waals surface area contributed by atoms with Crippen molar-refractivity contribution in [3.05, 3.63) is 77.4 Å². The number of hydrogen-bond donors (Lipinski definition) is 1. The molecule has 3 aromatic rings. The molecule has 30 heavy (non-hydrogen) atoms. The molecule has 0 bridgehead atoms. The third-order valence-corrected chi connectivity index (χ3v) is 5.95. The Kier molecular flexibility index (Phi) is 6.68. The molecule has 0 unspecified atom stereocenters. The van der Waals surface area contributed by atoms with Crippen molar-refractivity contribution in [2.24, 2.45) is 0 Å². The van der Waals surface area contributed by atoms with Crippen LogP contribution in [-0.4, -0.2) is 18.6 Å². The molecule has 0 saturated heterocycles. The number of amides is 1. The highest BCUT2D eigenvalue weighted by molar-refractivity contribution is 5.88. The maximum Gasteiger partial charge on any atom is 0.216 e. The van der Waals surface area contributed by atoms with Crippen LogP contribution in [0.15, 0.2) is 60.7 Å². The van der Waals surface area contributed by atoms with E-state index in [4.69, 9.17) is 4.74 Å². The van der Waals surface area contributed by atoms with E-state index in [1.165, 1.54) is 46.7 Å². The zero-order valence-corrected chi connectivity index (χ0v) is 17.8. The smallest absolute Gasteiger partial charge is 0.216 e. The fourth-order valence-electron chi connectivity index (χ4n) is 4.44. The first-order valence-corrected chi connectivity index (χ1v) is 11.2. The van der Waals surface area contributed by atoms with E-state index in [1.54, 1.807) is 6.92 Å². The molecule has 0 atom stereocenters. The van der Waals surface area contributed by atoms with Gasteiger partial charge in [0.05, 0.1) is 6.10 Å². The van der Waals surface area contributed by atoms with Crippen molar-refractivity contribution in [3.8, 4) is 5.75 Å². The van der Waals surface area contributed by atoms with Crippen molar-refractivity contribution in [1.82, 2.24) is 5.32 Å². The van der Waals surface area contributed by atoms with Crippen LogP contribution >= 0.6 is 0 Å².